The summed E-state index contributed by atoms with van der Waals surface area (Å²) in [6.45, 7) is 5.06. The minimum absolute atomic E-state index is 0.0741. The first-order chi connectivity index (χ1) is 7.82. The molecule has 1 atom stereocenters. The van der Waals surface area contributed by atoms with E-state index in [0.717, 1.165) is 12.1 Å². The summed E-state index contributed by atoms with van der Waals surface area (Å²) in [6, 6.07) is 2.07. The normalized spacial score (nSPS) is 14.4. The summed E-state index contributed by atoms with van der Waals surface area (Å²) in [5.41, 5.74) is 3.96. The van der Waals surface area contributed by atoms with E-state index >= 15 is 0 Å². The van der Waals surface area contributed by atoms with E-state index in [1.54, 1.807) is 6.92 Å². The number of halogens is 2. The lowest BCUT2D eigenvalue weighted by Gasteiger charge is -2.28. The van der Waals surface area contributed by atoms with Crippen LogP contribution in [-0.2, 0) is 10.3 Å². The predicted molar refractivity (Wildman–Crippen MR) is 61.3 cm³/mol. The van der Waals surface area contributed by atoms with Crippen LogP contribution in [-0.4, -0.2) is 12.5 Å². The molecule has 0 aromatic heterocycles. The molecule has 0 saturated carbocycles. The van der Waals surface area contributed by atoms with Gasteiger partial charge in [-0.1, -0.05) is 6.92 Å². The van der Waals surface area contributed by atoms with Gasteiger partial charge in [0.15, 0.2) is 0 Å². The molecule has 0 aliphatic carbocycles. The van der Waals surface area contributed by atoms with Gasteiger partial charge in [0.1, 0.15) is 17.2 Å². The second-order valence-corrected chi connectivity index (χ2v) is 4.10. The number of benzene rings is 1. The van der Waals surface area contributed by atoms with Gasteiger partial charge in [0.25, 0.3) is 0 Å². The number of amides is 1. The van der Waals surface area contributed by atoms with E-state index in [1.807, 2.05) is 0 Å². The smallest absolute Gasteiger partial charge is 0.242 e. The van der Waals surface area contributed by atoms with Gasteiger partial charge in [-0.15, -0.1) is 0 Å². The Morgan fingerprint density at radius 3 is 2.47 bits per heavy atom. The number of likely N-dealkylation sites (N-methyl/N-ethyl adjacent to an activating group) is 1. The van der Waals surface area contributed by atoms with Crippen LogP contribution in [0.3, 0.4) is 0 Å². The number of nitrogens with one attached hydrogen (secondary N) is 1. The summed E-state index contributed by atoms with van der Waals surface area (Å²) in [5, 5.41) is 2.78. The number of aryl methyl sites for hydroxylation is 1. The Bertz CT molecular complexity index is 448. The van der Waals surface area contributed by atoms with Crippen molar-refractivity contribution in [1.29, 1.82) is 0 Å². The van der Waals surface area contributed by atoms with E-state index in [1.165, 1.54) is 13.8 Å². The zero-order valence-electron chi connectivity index (χ0n) is 10.1. The maximum atomic E-state index is 13.8. The Balaban J connectivity index is 3.38. The van der Waals surface area contributed by atoms with Crippen molar-refractivity contribution in [3.8, 4) is 0 Å². The van der Waals surface area contributed by atoms with E-state index in [2.05, 4.69) is 5.32 Å². The SMILES string of the molecule is CCNC(C)(C(N)=O)c1cc(F)c(C)cc1F. The number of hydrogen-bond acceptors (Lipinski definition) is 2. The third kappa shape index (κ3) is 2.44. The lowest BCUT2D eigenvalue weighted by molar-refractivity contribution is -0.124. The first-order valence-electron chi connectivity index (χ1n) is 5.34. The Kier molecular flexibility index (Phi) is 3.83. The van der Waals surface area contributed by atoms with Gasteiger partial charge in [0, 0.05) is 5.56 Å². The van der Waals surface area contributed by atoms with E-state index in [9.17, 15) is 13.6 Å². The van der Waals surface area contributed by atoms with Crippen molar-refractivity contribution >= 4 is 5.91 Å². The monoisotopic (exact) mass is 242 g/mol. The quantitative estimate of drug-likeness (QED) is 0.842. The third-order valence-corrected chi connectivity index (χ3v) is 2.81. The van der Waals surface area contributed by atoms with Crippen molar-refractivity contribution in [2.75, 3.05) is 6.54 Å². The van der Waals surface area contributed by atoms with Crippen LogP contribution in [0, 0.1) is 18.6 Å². The van der Waals surface area contributed by atoms with Crippen LogP contribution in [0.1, 0.15) is 25.0 Å². The van der Waals surface area contributed by atoms with Crippen LogP contribution in [0.15, 0.2) is 12.1 Å². The lowest BCUT2D eigenvalue weighted by Crippen LogP contribution is -2.50. The van der Waals surface area contributed by atoms with Crippen LogP contribution in [0.2, 0.25) is 0 Å². The van der Waals surface area contributed by atoms with Crippen LogP contribution < -0.4 is 11.1 Å². The first kappa shape index (κ1) is 13.6. The Hall–Kier alpha value is -1.49. The summed E-state index contributed by atoms with van der Waals surface area (Å²) >= 11 is 0. The van der Waals surface area contributed by atoms with Crippen molar-refractivity contribution in [3.05, 3.63) is 34.9 Å². The molecular weight excluding hydrogens is 226 g/mol. The van der Waals surface area contributed by atoms with E-state index in [0.29, 0.717) is 6.54 Å². The number of carbonyl (C=O) groups excluding carboxylic acids is 1. The van der Waals surface area contributed by atoms with Gasteiger partial charge in [-0.3, -0.25) is 4.79 Å². The summed E-state index contributed by atoms with van der Waals surface area (Å²) in [6.07, 6.45) is 0. The second kappa shape index (κ2) is 4.79. The van der Waals surface area contributed by atoms with Crippen molar-refractivity contribution in [2.24, 2.45) is 5.73 Å². The molecule has 0 heterocycles. The molecule has 1 unspecified atom stereocenters. The van der Waals surface area contributed by atoms with Crippen molar-refractivity contribution in [2.45, 2.75) is 26.3 Å². The van der Waals surface area contributed by atoms with Gasteiger partial charge < -0.3 is 11.1 Å². The van der Waals surface area contributed by atoms with Gasteiger partial charge in [-0.25, -0.2) is 8.78 Å². The fourth-order valence-corrected chi connectivity index (χ4v) is 1.70. The molecule has 0 spiro atoms. The summed E-state index contributed by atoms with van der Waals surface area (Å²) in [5.74, 6) is -1.96. The van der Waals surface area contributed by atoms with Crippen molar-refractivity contribution < 1.29 is 13.6 Å². The number of hydrogen-bond donors (Lipinski definition) is 2. The van der Waals surface area contributed by atoms with E-state index in [4.69, 9.17) is 5.73 Å². The molecule has 94 valence electrons. The van der Waals surface area contributed by atoms with Gasteiger partial charge >= 0.3 is 0 Å². The average Bonchev–Trinajstić information content (AvgIpc) is 2.23. The minimum atomic E-state index is -1.41. The Morgan fingerprint density at radius 1 is 1.41 bits per heavy atom. The van der Waals surface area contributed by atoms with Gasteiger partial charge in [-0.2, -0.15) is 0 Å². The van der Waals surface area contributed by atoms with Crippen molar-refractivity contribution in [1.82, 2.24) is 5.32 Å². The van der Waals surface area contributed by atoms with Crippen LogP contribution in [0.4, 0.5) is 8.78 Å². The molecule has 0 bridgehead atoms. The fourth-order valence-electron chi connectivity index (χ4n) is 1.70. The molecule has 0 aliphatic rings. The molecule has 5 heteroatoms. The Morgan fingerprint density at radius 2 is 2.00 bits per heavy atom. The maximum Gasteiger partial charge on any atom is 0.242 e. The fraction of sp³-hybridized carbons (Fsp3) is 0.417. The standard InChI is InChI=1S/C12H16F2N2O/c1-4-16-12(3,11(15)17)8-6-9(13)7(2)5-10(8)14/h5-6,16H,4H2,1-3H3,(H2,15,17). The second-order valence-electron chi connectivity index (χ2n) is 4.10. The average molecular weight is 242 g/mol. The molecule has 3 nitrogen and oxygen atoms in total. The third-order valence-electron chi connectivity index (χ3n) is 2.81. The zero-order chi connectivity index (χ0) is 13.2. The van der Waals surface area contributed by atoms with Crippen LogP contribution in [0.25, 0.3) is 0 Å². The van der Waals surface area contributed by atoms with Gasteiger partial charge in [-0.05, 0) is 38.1 Å². The molecule has 0 saturated heterocycles. The molecule has 0 radical (unpaired) electrons. The highest BCUT2D eigenvalue weighted by atomic mass is 19.1. The molecule has 0 fully saturated rings. The lowest BCUT2D eigenvalue weighted by atomic mass is 9.89. The Labute approximate surface area is 99.0 Å². The number of nitrogens with two attached hydrogens (primary N) is 1. The maximum absolute atomic E-state index is 13.8. The summed E-state index contributed by atoms with van der Waals surface area (Å²) in [7, 11) is 0. The minimum Gasteiger partial charge on any atom is -0.368 e. The highest BCUT2D eigenvalue weighted by Gasteiger charge is 2.35. The topological polar surface area (TPSA) is 55.1 Å². The van der Waals surface area contributed by atoms with Crippen molar-refractivity contribution in [3.63, 3.8) is 0 Å². The van der Waals surface area contributed by atoms with Gasteiger partial charge in [0.05, 0.1) is 0 Å². The zero-order valence-corrected chi connectivity index (χ0v) is 10.1. The number of primary amides is 1. The molecular formula is C12H16F2N2O. The molecule has 1 aromatic rings. The number of carbonyl (C=O) groups is 1. The highest BCUT2D eigenvalue weighted by molar-refractivity contribution is 5.85. The molecule has 17 heavy (non-hydrogen) atoms. The summed E-state index contributed by atoms with van der Waals surface area (Å²) in [4.78, 5) is 11.4. The largest absolute Gasteiger partial charge is 0.368 e. The number of rotatable bonds is 4. The van der Waals surface area contributed by atoms with Gasteiger partial charge in [0.2, 0.25) is 5.91 Å². The molecule has 3 N–H and O–H groups in total. The predicted octanol–water partition coefficient (Wildman–Crippen LogP) is 1.58. The van der Waals surface area contributed by atoms with E-state index in [-0.39, 0.29) is 11.1 Å². The molecule has 0 aliphatic heterocycles. The van der Waals surface area contributed by atoms with Crippen LogP contribution >= 0.6 is 0 Å². The molecule has 1 rings (SSSR count). The summed E-state index contributed by atoms with van der Waals surface area (Å²) < 4.78 is 27.2. The highest BCUT2D eigenvalue weighted by Crippen LogP contribution is 2.25. The first-order valence-corrected chi connectivity index (χ1v) is 5.34. The molecule has 1 amide bonds. The van der Waals surface area contributed by atoms with Crippen LogP contribution in [0.5, 0.6) is 0 Å². The molecule has 1 aromatic carbocycles. The van der Waals surface area contributed by atoms with E-state index < -0.39 is 23.1 Å².